The number of carbonyl (C=O) groups is 3. The largest absolute Gasteiger partial charge is 0.465 e. The van der Waals surface area contributed by atoms with Gasteiger partial charge in [-0.1, -0.05) is 20.8 Å². The molecule has 32 heavy (non-hydrogen) atoms. The summed E-state index contributed by atoms with van der Waals surface area (Å²) in [5, 5.41) is 0. The molecule has 8 heteroatoms. The number of methoxy groups -OCH3 is 1. The molecule has 2 aliphatic rings. The number of esters is 1. The van der Waals surface area contributed by atoms with Gasteiger partial charge < -0.3 is 19.3 Å². The maximum atomic E-state index is 13.7. The number of ether oxygens (including phenoxy) is 2. The number of morpholine rings is 1. The van der Waals surface area contributed by atoms with Crippen LogP contribution in [-0.2, 0) is 25.5 Å². The van der Waals surface area contributed by atoms with E-state index in [-0.39, 0.29) is 24.3 Å². The van der Waals surface area contributed by atoms with Gasteiger partial charge >= 0.3 is 5.97 Å². The van der Waals surface area contributed by atoms with Gasteiger partial charge in [-0.15, -0.1) is 11.3 Å². The summed E-state index contributed by atoms with van der Waals surface area (Å²) in [5.41, 5.74) is 0.516. The standard InChI is InChI=1S/C24H36N2O5S/c1-16(2)13-19-14-20(22(32-19)24(29)30-4)26(15-21(27)25-9-11-31-12-10-25)23(28)18-7-5-17(3)6-8-18/h14,16-18H,5-13,15H2,1-4H3. The van der Waals surface area contributed by atoms with Crippen LogP contribution in [0.1, 0.15) is 61.0 Å². The quantitative estimate of drug-likeness (QED) is 0.575. The van der Waals surface area contributed by atoms with E-state index in [1.165, 1.54) is 18.4 Å². The third-order valence-electron chi connectivity index (χ3n) is 6.32. The molecule has 0 unspecified atom stereocenters. The van der Waals surface area contributed by atoms with Gasteiger partial charge in [0.2, 0.25) is 11.8 Å². The van der Waals surface area contributed by atoms with Crippen molar-refractivity contribution in [2.24, 2.45) is 17.8 Å². The first-order chi connectivity index (χ1) is 15.3. The van der Waals surface area contributed by atoms with Gasteiger partial charge in [0, 0.05) is 23.9 Å². The lowest BCUT2D eigenvalue weighted by Gasteiger charge is -2.33. The molecule has 2 amide bonds. The van der Waals surface area contributed by atoms with Crippen LogP contribution < -0.4 is 4.90 Å². The summed E-state index contributed by atoms with van der Waals surface area (Å²) in [7, 11) is 1.35. The van der Waals surface area contributed by atoms with Gasteiger partial charge in [0.25, 0.3) is 0 Å². The molecular weight excluding hydrogens is 428 g/mol. The minimum absolute atomic E-state index is 0.0578. The number of rotatable bonds is 7. The third-order valence-corrected chi connectivity index (χ3v) is 7.45. The SMILES string of the molecule is COC(=O)c1sc(CC(C)C)cc1N(CC(=O)N1CCOCC1)C(=O)C1CCC(C)CC1. The fourth-order valence-electron chi connectivity index (χ4n) is 4.43. The fraction of sp³-hybridized carbons (Fsp3) is 0.708. The molecule has 2 fully saturated rings. The molecule has 0 aromatic carbocycles. The van der Waals surface area contributed by atoms with Gasteiger partial charge in [-0.05, 0) is 50.0 Å². The second-order valence-electron chi connectivity index (χ2n) is 9.39. The Kier molecular flexibility index (Phi) is 8.71. The number of anilines is 1. The summed E-state index contributed by atoms with van der Waals surface area (Å²) in [5.74, 6) is 0.269. The molecule has 7 nitrogen and oxygen atoms in total. The minimum Gasteiger partial charge on any atom is -0.465 e. The Labute approximate surface area is 195 Å². The lowest BCUT2D eigenvalue weighted by Crippen LogP contribution is -2.49. The zero-order valence-corrected chi connectivity index (χ0v) is 20.5. The summed E-state index contributed by atoms with van der Waals surface area (Å²) in [6.07, 6.45) is 4.45. The Morgan fingerprint density at radius 2 is 1.84 bits per heavy atom. The molecule has 0 N–H and O–H groups in total. The highest BCUT2D eigenvalue weighted by molar-refractivity contribution is 7.14. The van der Waals surface area contributed by atoms with Crippen molar-refractivity contribution in [3.05, 3.63) is 15.8 Å². The lowest BCUT2D eigenvalue weighted by molar-refractivity contribution is -0.135. The van der Waals surface area contributed by atoms with Crippen LogP contribution in [-0.4, -0.2) is 62.6 Å². The molecule has 3 rings (SSSR count). The first-order valence-electron chi connectivity index (χ1n) is 11.7. The van der Waals surface area contributed by atoms with E-state index in [1.807, 2.05) is 6.07 Å². The van der Waals surface area contributed by atoms with E-state index in [0.29, 0.717) is 48.7 Å². The third kappa shape index (κ3) is 6.10. The molecule has 0 atom stereocenters. The van der Waals surface area contributed by atoms with Gasteiger partial charge in [0.05, 0.1) is 26.0 Å². The second-order valence-corrected chi connectivity index (χ2v) is 10.5. The monoisotopic (exact) mass is 464 g/mol. The maximum Gasteiger partial charge on any atom is 0.350 e. The Hall–Kier alpha value is -1.93. The molecular formula is C24H36N2O5S. The predicted octanol–water partition coefficient (Wildman–Crippen LogP) is 3.75. The van der Waals surface area contributed by atoms with E-state index in [9.17, 15) is 14.4 Å². The Morgan fingerprint density at radius 3 is 2.44 bits per heavy atom. The van der Waals surface area contributed by atoms with E-state index in [0.717, 1.165) is 37.0 Å². The zero-order valence-electron chi connectivity index (χ0n) is 19.7. The van der Waals surface area contributed by atoms with E-state index >= 15 is 0 Å². The summed E-state index contributed by atoms with van der Waals surface area (Å²) in [4.78, 5) is 44.1. The first-order valence-corrected chi connectivity index (χ1v) is 12.5. The minimum atomic E-state index is -0.464. The molecule has 1 saturated heterocycles. The maximum absolute atomic E-state index is 13.7. The topological polar surface area (TPSA) is 76.2 Å². The highest BCUT2D eigenvalue weighted by Crippen LogP contribution is 2.36. The number of hydrogen-bond acceptors (Lipinski definition) is 6. The average Bonchev–Trinajstić information content (AvgIpc) is 3.20. The highest BCUT2D eigenvalue weighted by atomic mass is 32.1. The van der Waals surface area contributed by atoms with Crippen LogP contribution in [0.25, 0.3) is 0 Å². The summed E-state index contributed by atoms with van der Waals surface area (Å²) in [6.45, 7) is 8.44. The Balaban J connectivity index is 1.93. The second kappa shape index (κ2) is 11.3. The Bertz CT molecular complexity index is 807. The molecule has 0 spiro atoms. The summed E-state index contributed by atoms with van der Waals surface area (Å²) < 4.78 is 10.4. The predicted molar refractivity (Wildman–Crippen MR) is 125 cm³/mol. The average molecular weight is 465 g/mol. The van der Waals surface area contributed by atoms with Crippen molar-refractivity contribution in [1.29, 1.82) is 0 Å². The van der Waals surface area contributed by atoms with Crippen molar-refractivity contribution in [2.75, 3.05) is 44.9 Å². The van der Waals surface area contributed by atoms with Gasteiger partial charge in [-0.2, -0.15) is 0 Å². The number of thiophene rings is 1. The molecule has 0 radical (unpaired) electrons. The number of carbonyl (C=O) groups excluding carboxylic acids is 3. The van der Waals surface area contributed by atoms with Crippen molar-refractivity contribution in [3.8, 4) is 0 Å². The zero-order chi connectivity index (χ0) is 23.3. The van der Waals surface area contributed by atoms with Crippen molar-refractivity contribution in [2.45, 2.75) is 52.9 Å². The van der Waals surface area contributed by atoms with Gasteiger partial charge in [0.15, 0.2) is 0 Å². The lowest BCUT2D eigenvalue weighted by atomic mass is 9.82. The van der Waals surface area contributed by atoms with E-state index < -0.39 is 5.97 Å². The van der Waals surface area contributed by atoms with Crippen molar-refractivity contribution in [3.63, 3.8) is 0 Å². The summed E-state index contributed by atoms with van der Waals surface area (Å²) in [6, 6.07) is 1.91. The van der Waals surface area contributed by atoms with Gasteiger partial charge in [0.1, 0.15) is 11.4 Å². The number of hydrogen-bond donors (Lipinski definition) is 0. The summed E-state index contributed by atoms with van der Waals surface area (Å²) >= 11 is 1.36. The van der Waals surface area contributed by atoms with Gasteiger partial charge in [-0.3, -0.25) is 9.59 Å². The Morgan fingerprint density at radius 1 is 1.19 bits per heavy atom. The molecule has 1 saturated carbocycles. The van der Waals surface area contributed by atoms with Crippen molar-refractivity contribution < 1.29 is 23.9 Å². The van der Waals surface area contributed by atoms with Crippen LogP contribution in [0.2, 0.25) is 0 Å². The van der Waals surface area contributed by atoms with Crippen LogP contribution in [0.15, 0.2) is 6.07 Å². The number of nitrogens with zero attached hydrogens (tertiary/aromatic N) is 2. The van der Waals surface area contributed by atoms with Crippen molar-refractivity contribution in [1.82, 2.24) is 4.90 Å². The van der Waals surface area contributed by atoms with Crippen molar-refractivity contribution >= 4 is 34.8 Å². The normalized spacial score (nSPS) is 21.5. The smallest absolute Gasteiger partial charge is 0.350 e. The number of amides is 2. The van der Waals surface area contributed by atoms with E-state index in [2.05, 4.69) is 20.8 Å². The van der Waals surface area contributed by atoms with E-state index in [1.54, 1.807) is 9.80 Å². The molecule has 0 bridgehead atoms. The van der Waals surface area contributed by atoms with Gasteiger partial charge in [-0.25, -0.2) is 4.79 Å². The fourth-order valence-corrected chi connectivity index (χ4v) is 5.72. The molecule has 1 aromatic rings. The van der Waals surface area contributed by atoms with Crippen LogP contribution in [0.3, 0.4) is 0 Å². The molecule has 2 heterocycles. The molecule has 1 aliphatic carbocycles. The first kappa shape index (κ1) is 24.7. The van der Waals surface area contributed by atoms with Crippen LogP contribution >= 0.6 is 11.3 Å². The van der Waals surface area contributed by atoms with Crippen LogP contribution in [0.5, 0.6) is 0 Å². The molecule has 178 valence electrons. The van der Waals surface area contributed by atoms with E-state index in [4.69, 9.17) is 9.47 Å². The highest BCUT2D eigenvalue weighted by Gasteiger charge is 2.34. The van der Waals surface area contributed by atoms with Crippen LogP contribution in [0, 0.1) is 17.8 Å². The molecule has 1 aliphatic heterocycles. The molecule has 1 aromatic heterocycles. The van der Waals surface area contributed by atoms with Crippen LogP contribution in [0.4, 0.5) is 5.69 Å².